The minimum absolute atomic E-state index is 0.0133. The van der Waals surface area contributed by atoms with Crippen molar-refractivity contribution in [3.63, 3.8) is 0 Å². The predicted octanol–water partition coefficient (Wildman–Crippen LogP) is 2.69. The molecule has 7 heteroatoms. The van der Waals surface area contributed by atoms with Crippen LogP contribution in [0, 0.1) is 0 Å². The standard InChI is InChI=1S/C23H32N4O3/c1-22(2,3)15-10-8-14(9-11-15)19-18-16(26(7)21(30)24-19)12-27(20(18)29)13-17(28)25-23(4,5)6/h8-11,19H,12-13H2,1-7H3,(H,24,30)(H,25,28). The van der Waals surface area contributed by atoms with E-state index >= 15 is 0 Å². The highest BCUT2D eigenvalue weighted by Gasteiger charge is 2.43. The number of hydrogen-bond donors (Lipinski definition) is 2. The van der Waals surface area contributed by atoms with Gasteiger partial charge < -0.3 is 15.5 Å². The first kappa shape index (κ1) is 21.9. The Bertz CT molecular complexity index is 904. The van der Waals surface area contributed by atoms with E-state index in [0.717, 1.165) is 5.56 Å². The van der Waals surface area contributed by atoms with Crippen molar-refractivity contribution in [2.45, 2.75) is 58.5 Å². The van der Waals surface area contributed by atoms with Crippen molar-refractivity contribution in [3.8, 4) is 0 Å². The molecule has 4 amide bonds. The highest BCUT2D eigenvalue weighted by molar-refractivity contribution is 6.03. The highest BCUT2D eigenvalue weighted by atomic mass is 16.2. The summed E-state index contributed by atoms with van der Waals surface area (Å²) in [7, 11) is 1.65. The Labute approximate surface area is 178 Å². The molecule has 0 saturated carbocycles. The van der Waals surface area contributed by atoms with Gasteiger partial charge in [0, 0.05) is 12.6 Å². The van der Waals surface area contributed by atoms with E-state index in [1.807, 2.05) is 45.0 Å². The van der Waals surface area contributed by atoms with Gasteiger partial charge in [0.05, 0.1) is 23.9 Å². The summed E-state index contributed by atoms with van der Waals surface area (Å²) in [5, 5.41) is 5.82. The molecule has 0 aromatic heterocycles. The van der Waals surface area contributed by atoms with Gasteiger partial charge in [-0.2, -0.15) is 0 Å². The molecule has 2 N–H and O–H groups in total. The first-order valence-electron chi connectivity index (χ1n) is 10.3. The first-order valence-corrected chi connectivity index (χ1v) is 10.3. The lowest BCUT2D eigenvalue weighted by molar-refractivity contribution is -0.132. The zero-order chi connectivity index (χ0) is 22.4. The molecule has 2 aliphatic rings. The topological polar surface area (TPSA) is 81.8 Å². The number of carbonyl (C=O) groups is 3. The Morgan fingerprint density at radius 2 is 1.70 bits per heavy atom. The van der Waals surface area contributed by atoms with Gasteiger partial charge in [-0.15, -0.1) is 0 Å². The molecule has 7 nitrogen and oxygen atoms in total. The van der Waals surface area contributed by atoms with E-state index in [-0.39, 0.29) is 41.9 Å². The van der Waals surface area contributed by atoms with Crippen molar-refractivity contribution in [3.05, 3.63) is 46.7 Å². The van der Waals surface area contributed by atoms with Crippen LogP contribution >= 0.6 is 0 Å². The van der Waals surface area contributed by atoms with Crippen molar-refractivity contribution in [1.82, 2.24) is 20.4 Å². The van der Waals surface area contributed by atoms with Crippen LogP contribution in [0.5, 0.6) is 0 Å². The second kappa shape index (κ2) is 7.45. The number of hydrogen-bond acceptors (Lipinski definition) is 3. The summed E-state index contributed by atoms with van der Waals surface area (Å²) >= 11 is 0. The third kappa shape index (κ3) is 4.35. The lowest BCUT2D eigenvalue weighted by Gasteiger charge is -2.31. The summed E-state index contributed by atoms with van der Waals surface area (Å²) in [6.07, 6.45) is 0. The van der Waals surface area contributed by atoms with E-state index in [2.05, 4.69) is 31.4 Å². The smallest absolute Gasteiger partial charge is 0.322 e. The summed E-state index contributed by atoms with van der Waals surface area (Å²) in [5.74, 6) is -0.436. The number of nitrogens with zero attached hydrogens (tertiary/aromatic N) is 2. The van der Waals surface area contributed by atoms with Crippen LogP contribution < -0.4 is 10.6 Å². The normalized spacial score (nSPS) is 19.8. The van der Waals surface area contributed by atoms with Crippen LogP contribution in [0.2, 0.25) is 0 Å². The monoisotopic (exact) mass is 412 g/mol. The Kier molecular flexibility index (Phi) is 5.43. The van der Waals surface area contributed by atoms with E-state index in [9.17, 15) is 14.4 Å². The number of amides is 4. The molecule has 1 unspecified atom stereocenters. The van der Waals surface area contributed by atoms with Gasteiger partial charge in [-0.25, -0.2) is 4.79 Å². The van der Waals surface area contributed by atoms with Crippen molar-refractivity contribution in [1.29, 1.82) is 0 Å². The number of nitrogens with one attached hydrogen (secondary N) is 2. The summed E-state index contributed by atoms with van der Waals surface area (Å²) < 4.78 is 0. The van der Waals surface area contributed by atoms with Crippen LogP contribution in [0.4, 0.5) is 4.79 Å². The van der Waals surface area contributed by atoms with Crippen molar-refractivity contribution >= 4 is 17.8 Å². The molecule has 0 bridgehead atoms. The van der Waals surface area contributed by atoms with Gasteiger partial charge in [0.25, 0.3) is 5.91 Å². The Hall–Kier alpha value is -2.83. The van der Waals surface area contributed by atoms with Crippen molar-refractivity contribution < 1.29 is 14.4 Å². The average Bonchev–Trinajstić information content (AvgIpc) is 2.93. The Morgan fingerprint density at radius 3 is 2.23 bits per heavy atom. The van der Waals surface area contributed by atoms with Crippen LogP contribution in [0.1, 0.15) is 58.7 Å². The van der Waals surface area contributed by atoms with Crippen LogP contribution in [-0.4, -0.2) is 53.3 Å². The van der Waals surface area contributed by atoms with Gasteiger partial charge >= 0.3 is 6.03 Å². The first-order chi connectivity index (χ1) is 13.8. The minimum Gasteiger partial charge on any atom is -0.350 e. The molecule has 3 rings (SSSR count). The molecular weight excluding hydrogens is 380 g/mol. The van der Waals surface area contributed by atoms with Gasteiger partial charge in [-0.05, 0) is 37.3 Å². The van der Waals surface area contributed by atoms with E-state index in [1.165, 1.54) is 15.4 Å². The molecule has 0 spiro atoms. The molecular formula is C23H32N4O3. The second-order valence-corrected chi connectivity index (χ2v) is 10.1. The van der Waals surface area contributed by atoms with Crippen LogP contribution in [0.15, 0.2) is 35.5 Å². The number of benzene rings is 1. The molecule has 162 valence electrons. The molecule has 0 aliphatic carbocycles. The van der Waals surface area contributed by atoms with Crippen LogP contribution in [-0.2, 0) is 15.0 Å². The lowest BCUT2D eigenvalue weighted by Crippen LogP contribution is -2.46. The zero-order valence-corrected chi connectivity index (χ0v) is 18.9. The van der Waals surface area contributed by atoms with Crippen LogP contribution in [0.25, 0.3) is 0 Å². The third-order valence-corrected chi connectivity index (χ3v) is 5.39. The maximum atomic E-state index is 13.2. The molecule has 1 aromatic carbocycles. The summed E-state index contributed by atoms with van der Waals surface area (Å²) in [6, 6.07) is 7.21. The maximum Gasteiger partial charge on any atom is 0.322 e. The molecule has 0 fully saturated rings. The number of likely N-dealkylation sites (N-methyl/N-ethyl adjacent to an activating group) is 1. The van der Waals surface area contributed by atoms with Gasteiger partial charge in [0.15, 0.2) is 0 Å². The largest absolute Gasteiger partial charge is 0.350 e. The number of carbonyl (C=O) groups excluding carboxylic acids is 3. The van der Waals surface area contributed by atoms with E-state index in [0.29, 0.717) is 11.3 Å². The lowest BCUT2D eigenvalue weighted by atomic mass is 9.85. The van der Waals surface area contributed by atoms with Gasteiger partial charge in [-0.1, -0.05) is 45.0 Å². The third-order valence-electron chi connectivity index (χ3n) is 5.39. The fraction of sp³-hybridized carbons (Fsp3) is 0.522. The highest BCUT2D eigenvalue weighted by Crippen LogP contribution is 2.36. The average molecular weight is 413 g/mol. The van der Waals surface area contributed by atoms with Gasteiger partial charge in [0.1, 0.15) is 6.54 Å². The Morgan fingerprint density at radius 1 is 1.10 bits per heavy atom. The fourth-order valence-corrected chi connectivity index (χ4v) is 3.81. The van der Waals surface area contributed by atoms with E-state index < -0.39 is 6.04 Å². The quantitative estimate of drug-likeness (QED) is 0.801. The molecule has 2 heterocycles. The summed E-state index contributed by atoms with van der Waals surface area (Å²) in [4.78, 5) is 41.1. The van der Waals surface area contributed by atoms with Gasteiger partial charge in [-0.3, -0.25) is 14.5 Å². The van der Waals surface area contributed by atoms with Crippen LogP contribution in [0.3, 0.4) is 0 Å². The summed E-state index contributed by atoms with van der Waals surface area (Å²) in [5.41, 5.74) is 2.85. The van der Waals surface area contributed by atoms with Crippen molar-refractivity contribution in [2.24, 2.45) is 0 Å². The van der Waals surface area contributed by atoms with E-state index in [4.69, 9.17) is 0 Å². The fourth-order valence-electron chi connectivity index (χ4n) is 3.81. The second-order valence-electron chi connectivity index (χ2n) is 10.1. The molecule has 0 saturated heterocycles. The SMILES string of the molecule is CN1C(=O)NC(c2ccc(C(C)(C)C)cc2)C2=C1CN(CC(=O)NC(C)(C)C)C2=O. The minimum atomic E-state index is -0.527. The van der Waals surface area contributed by atoms with Crippen molar-refractivity contribution in [2.75, 3.05) is 20.1 Å². The maximum absolute atomic E-state index is 13.2. The molecule has 1 atom stereocenters. The number of urea groups is 1. The molecule has 2 aliphatic heterocycles. The summed E-state index contributed by atoms with van der Waals surface area (Å²) in [6.45, 7) is 12.3. The Balaban J connectivity index is 1.88. The molecule has 30 heavy (non-hydrogen) atoms. The van der Waals surface area contributed by atoms with Gasteiger partial charge in [0.2, 0.25) is 5.91 Å². The molecule has 1 aromatic rings. The number of rotatable bonds is 3. The predicted molar refractivity (Wildman–Crippen MR) is 116 cm³/mol. The van der Waals surface area contributed by atoms with E-state index in [1.54, 1.807) is 7.05 Å². The zero-order valence-electron chi connectivity index (χ0n) is 18.9. The molecule has 0 radical (unpaired) electrons.